The zero-order chi connectivity index (χ0) is 10.5. The van der Waals surface area contributed by atoms with Crippen molar-refractivity contribution in [2.75, 3.05) is 11.4 Å². The van der Waals surface area contributed by atoms with E-state index < -0.39 is 0 Å². The van der Waals surface area contributed by atoms with E-state index in [1.807, 2.05) is 29.3 Å². The van der Waals surface area contributed by atoms with E-state index in [0.717, 1.165) is 37.5 Å². The Bertz CT molecular complexity index is 391. The Morgan fingerprint density at radius 1 is 1.40 bits per heavy atom. The van der Waals surface area contributed by atoms with Gasteiger partial charge >= 0.3 is 0 Å². The Balaban J connectivity index is 2.27. The number of pyridine rings is 1. The molecule has 1 fully saturated rings. The van der Waals surface area contributed by atoms with E-state index in [9.17, 15) is 0 Å². The molecule has 0 unspecified atom stereocenters. The SMILES string of the molecule is N#CN=C1CCCCN1c1ccccn1. The molecule has 1 aromatic heterocycles. The summed E-state index contributed by atoms with van der Waals surface area (Å²) in [6.07, 6.45) is 6.71. The monoisotopic (exact) mass is 200 g/mol. The third kappa shape index (κ3) is 2.13. The number of anilines is 1. The first-order chi connectivity index (χ1) is 7.42. The summed E-state index contributed by atoms with van der Waals surface area (Å²) in [4.78, 5) is 10.1. The van der Waals surface area contributed by atoms with E-state index in [1.165, 1.54) is 0 Å². The summed E-state index contributed by atoms with van der Waals surface area (Å²) in [5.41, 5.74) is 0. The van der Waals surface area contributed by atoms with Crippen molar-refractivity contribution in [1.29, 1.82) is 5.26 Å². The molecule has 0 radical (unpaired) electrons. The van der Waals surface area contributed by atoms with Gasteiger partial charge in [-0.1, -0.05) is 6.07 Å². The number of amidine groups is 1. The van der Waals surface area contributed by atoms with Crippen LogP contribution in [0.4, 0.5) is 5.82 Å². The third-order valence-corrected chi connectivity index (χ3v) is 2.45. The molecule has 4 heteroatoms. The molecule has 76 valence electrons. The second kappa shape index (κ2) is 4.56. The molecule has 4 nitrogen and oxygen atoms in total. The van der Waals surface area contributed by atoms with Gasteiger partial charge in [0.05, 0.1) is 0 Å². The minimum absolute atomic E-state index is 0.836. The molecule has 0 spiro atoms. The summed E-state index contributed by atoms with van der Waals surface area (Å²) >= 11 is 0. The molecule has 2 rings (SSSR count). The number of aliphatic imine (C=N–C) groups is 1. The topological polar surface area (TPSA) is 52.3 Å². The molecule has 1 saturated heterocycles. The molecule has 1 aliphatic rings. The minimum atomic E-state index is 0.836. The van der Waals surface area contributed by atoms with E-state index >= 15 is 0 Å². The molecule has 0 N–H and O–H groups in total. The maximum Gasteiger partial charge on any atom is 0.207 e. The molecule has 1 aromatic rings. The van der Waals surface area contributed by atoms with Gasteiger partial charge in [0, 0.05) is 19.2 Å². The van der Waals surface area contributed by atoms with Crippen molar-refractivity contribution >= 4 is 11.7 Å². The van der Waals surface area contributed by atoms with Crippen LogP contribution in [0.3, 0.4) is 0 Å². The predicted molar refractivity (Wildman–Crippen MR) is 58.5 cm³/mol. The Labute approximate surface area is 88.9 Å². The molecule has 15 heavy (non-hydrogen) atoms. The molecule has 0 saturated carbocycles. The number of hydrogen-bond donors (Lipinski definition) is 0. The fourth-order valence-electron chi connectivity index (χ4n) is 1.75. The van der Waals surface area contributed by atoms with Crippen LogP contribution in [-0.2, 0) is 0 Å². The standard InChI is InChI=1S/C11H12N4/c12-9-14-11-6-2-4-8-15(11)10-5-1-3-7-13-10/h1,3,5,7H,2,4,6,8H2. The van der Waals surface area contributed by atoms with Crippen molar-refractivity contribution in [2.45, 2.75) is 19.3 Å². The van der Waals surface area contributed by atoms with Crippen molar-refractivity contribution in [3.63, 3.8) is 0 Å². The van der Waals surface area contributed by atoms with E-state index in [-0.39, 0.29) is 0 Å². The fraction of sp³-hybridized carbons (Fsp3) is 0.364. The van der Waals surface area contributed by atoms with Gasteiger partial charge in [0.25, 0.3) is 0 Å². The Kier molecular flexibility index (Phi) is 2.93. The maximum atomic E-state index is 8.60. The highest BCUT2D eigenvalue weighted by Gasteiger charge is 2.18. The zero-order valence-corrected chi connectivity index (χ0v) is 8.43. The molecular formula is C11H12N4. The summed E-state index contributed by atoms with van der Waals surface area (Å²) in [5.74, 6) is 1.72. The van der Waals surface area contributed by atoms with Crippen LogP contribution in [0.2, 0.25) is 0 Å². The molecule has 0 aliphatic carbocycles. The highest BCUT2D eigenvalue weighted by Crippen LogP contribution is 2.18. The van der Waals surface area contributed by atoms with Gasteiger partial charge in [-0.05, 0) is 25.0 Å². The number of nitriles is 1. The molecule has 1 aliphatic heterocycles. The van der Waals surface area contributed by atoms with Gasteiger partial charge in [-0.3, -0.25) is 0 Å². The van der Waals surface area contributed by atoms with Crippen molar-refractivity contribution in [2.24, 2.45) is 4.99 Å². The Morgan fingerprint density at radius 2 is 2.33 bits per heavy atom. The summed E-state index contributed by atoms with van der Waals surface area (Å²) in [7, 11) is 0. The lowest BCUT2D eigenvalue weighted by atomic mass is 10.1. The van der Waals surface area contributed by atoms with Gasteiger partial charge in [-0.2, -0.15) is 10.3 Å². The Morgan fingerprint density at radius 3 is 3.07 bits per heavy atom. The molecule has 0 amide bonds. The molecular weight excluding hydrogens is 188 g/mol. The first-order valence-corrected chi connectivity index (χ1v) is 5.06. The van der Waals surface area contributed by atoms with Crippen molar-refractivity contribution in [3.8, 4) is 6.19 Å². The highest BCUT2D eigenvalue weighted by molar-refractivity contribution is 5.98. The van der Waals surface area contributed by atoms with Crippen LogP contribution >= 0.6 is 0 Å². The lowest BCUT2D eigenvalue weighted by molar-refractivity contribution is 0.707. The average Bonchev–Trinajstić information content (AvgIpc) is 2.31. The number of nitrogens with zero attached hydrogens (tertiary/aromatic N) is 4. The molecule has 0 atom stereocenters. The molecule has 2 heterocycles. The second-order valence-electron chi connectivity index (χ2n) is 3.42. The van der Waals surface area contributed by atoms with Crippen LogP contribution in [0.1, 0.15) is 19.3 Å². The quantitative estimate of drug-likeness (QED) is 0.651. The fourth-order valence-corrected chi connectivity index (χ4v) is 1.75. The average molecular weight is 200 g/mol. The van der Waals surface area contributed by atoms with Crippen molar-refractivity contribution in [1.82, 2.24) is 4.98 Å². The summed E-state index contributed by atoms with van der Waals surface area (Å²) in [6.45, 7) is 0.900. The minimum Gasteiger partial charge on any atom is -0.314 e. The van der Waals surface area contributed by atoms with Gasteiger partial charge < -0.3 is 4.90 Å². The normalized spacial score (nSPS) is 18.9. The van der Waals surface area contributed by atoms with Crippen LogP contribution in [0, 0.1) is 11.5 Å². The van der Waals surface area contributed by atoms with E-state index in [4.69, 9.17) is 5.26 Å². The third-order valence-electron chi connectivity index (χ3n) is 2.45. The predicted octanol–water partition coefficient (Wildman–Crippen LogP) is 1.95. The smallest absolute Gasteiger partial charge is 0.207 e. The van der Waals surface area contributed by atoms with E-state index in [1.54, 1.807) is 6.20 Å². The number of aromatic nitrogens is 1. The maximum absolute atomic E-state index is 8.60. The molecule has 0 bridgehead atoms. The zero-order valence-electron chi connectivity index (χ0n) is 8.43. The lowest BCUT2D eigenvalue weighted by Crippen LogP contribution is -2.35. The number of rotatable bonds is 1. The summed E-state index contributed by atoms with van der Waals surface area (Å²) < 4.78 is 0. The van der Waals surface area contributed by atoms with Gasteiger partial charge in [0.1, 0.15) is 11.7 Å². The van der Waals surface area contributed by atoms with E-state index in [0.29, 0.717) is 0 Å². The second-order valence-corrected chi connectivity index (χ2v) is 3.42. The van der Waals surface area contributed by atoms with Gasteiger partial charge in [0.15, 0.2) is 0 Å². The molecule has 0 aromatic carbocycles. The first-order valence-electron chi connectivity index (χ1n) is 5.06. The van der Waals surface area contributed by atoms with Crippen LogP contribution in [-0.4, -0.2) is 17.4 Å². The van der Waals surface area contributed by atoms with Crippen LogP contribution in [0.25, 0.3) is 0 Å². The summed E-state index contributed by atoms with van der Waals surface area (Å²) in [6, 6.07) is 5.77. The van der Waals surface area contributed by atoms with Crippen LogP contribution in [0.15, 0.2) is 29.4 Å². The van der Waals surface area contributed by atoms with Crippen molar-refractivity contribution in [3.05, 3.63) is 24.4 Å². The van der Waals surface area contributed by atoms with Gasteiger partial charge in [-0.15, -0.1) is 0 Å². The Hall–Kier alpha value is -1.89. The van der Waals surface area contributed by atoms with Gasteiger partial charge in [-0.25, -0.2) is 4.98 Å². The first kappa shape index (κ1) is 9.66. The highest BCUT2D eigenvalue weighted by atomic mass is 15.2. The van der Waals surface area contributed by atoms with Gasteiger partial charge in [0.2, 0.25) is 6.19 Å². The van der Waals surface area contributed by atoms with Crippen LogP contribution < -0.4 is 4.90 Å². The van der Waals surface area contributed by atoms with Crippen molar-refractivity contribution < 1.29 is 0 Å². The van der Waals surface area contributed by atoms with E-state index in [2.05, 4.69) is 9.98 Å². The lowest BCUT2D eigenvalue weighted by Gasteiger charge is -2.28. The largest absolute Gasteiger partial charge is 0.314 e. The van der Waals surface area contributed by atoms with Crippen LogP contribution in [0.5, 0.6) is 0 Å². The summed E-state index contributed by atoms with van der Waals surface area (Å²) in [5, 5.41) is 8.60. The number of hydrogen-bond acceptors (Lipinski definition) is 3. The number of piperidine rings is 1.